The highest BCUT2D eigenvalue weighted by Gasteiger charge is 2.23. The monoisotopic (exact) mass is 402 g/mol. The van der Waals surface area contributed by atoms with Crippen molar-refractivity contribution < 1.29 is 0 Å². The van der Waals surface area contributed by atoms with Gasteiger partial charge < -0.3 is 0 Å². The van der Waals surface area contributed by atoms with Gasteiger partial charge in [0.05, 0.1) is 11.1 Å². The maximum Gasteiger partial charge on any atom is 0.267 e. The molecule has 0 radical (unpaired) electrons. The highest BCUT2D eigenvalue weighted by Crippen LogP contribution is 2.36. The van der Waals surface area contributed by atoms with Crippen molar-refractivity contribution in [2.24, 2.45) is 0 Å². The first-order valence-corrected chi connectivity index (χ1v) is 10.8. The van der Waals surface area contributed by atoms with Gasteiger partial charge >= 0.3 is 0 Å². The van der Waals surface area contributed by atoms with E-state index in [2.05, 4.69) is 0 Å². The highest BCUT2D eigenvalue weighted by atomic mass is 35.5. The van der Waals surface area contributed by atoms with Crippen molar-refractivity contribution in [2.45, 2.75) is 38.3 Å². The second-order valence-corrected chi connectivity index (χ2v) is 9.18. The van der Waals surface area contributed by atoms with Crippen LogP contribution in [-0.2, 0) is 12.8 Å². The van der Waals surface area contributed by atoms with Gasteiger partial charge in [-0.2, -0.15) is 0 Å². The van der Waals surface area contributed by atoms with E-state index in [4.69, 9.17) is 16.6 Å². The molecule has 0 atom stereocenters. The summed E-state index contributed by atoms with van der Waals surface area (Å²) in [7, 11) is 0. The summed E-state index contributed by atoms with van der Waals surface area (Å²) < 4.78 is 1.77. The number of fused-ring (bicyclic) bond motifs is 3. The molecule has 0 saturated carbocycles. The Bertz CT molecular complexity index is 1080. The molecule has 1 aliphatic rings. The molecule has 3 nitrogen and oxygen atoms in total. The lowest BCUT2D eigenvalue weighted by atomic mass is 10.2. The van der Waals surface area contributed by atoms with Crippen molar-refractivity contribution >= 4 is 44.9 Å². The average molecular weight is 403 g/mol. The largest absolute Gasteiger partial charge is 0.268 e. The molecule has 3 aromatic rings. The molecule has 26 heavy (non-hydrogen) atoms. The van der Waals surface area contributed by atoms with E-state index in [0.29, 0.717) is 5.75 Å². The molecule has 0 saturated heterocycles. The number of rotatable bonds is 4. The molecule has 134 valence electrons. The minimum Gasteiger partial charge on any atom is -0.268 e. The Morgan fingerprint density at radius 2 is 2.27 bits per heavy atom. The van der Waals surface area contributed by atoms with Gasteiger partial charge in [0, 0.05) is 15.7 Å². The molecule has 1 aromatic carbocycles. The fourth-order valence-electron chi connectivity index (χ4n) is 3.35. The van der Waals surface area contributed by atoms with Crippen LogP contribution >= 0.6 is 34.7 Å². The fraction of sp³-hybridized carbons (Fsp3) is 0.300. The lowest BCUT2D eigenvalue weighted by Crippen LogP contribution is -2.22. The number of halogens is 1. The van der Waals surface area contributed by atoms with E-state index in [-0.39, 0.29) is 5.56 Å². The summed E-state index contributed by atoms with van der Waals surface area (Å²) in [6, 6.07) is 8.03. The molecular weight excluding hydrogens is 384 g/mol. The Morgan fingerprint density at radius 3 is 3.04 bits per heavy atom. The molecule has 0 amide bonds. The van der Waals surface area contributed by atoms with E-state index in [9.17, 15) is 4.79 Å². The highest BCUT2D eigenvalue weighted by molar-refractivity contribution is 7.99. The van der Waals surface area contributed by atoms with Crippen LogP contribution in [0.25, 0.3) is 15.9 Å². The molecule has 0 unspecified atom stereocenters. The Kier molecular flexibility index (Phi) is 4.95. The first kappa shape index (κ1) is 17.8. The molecule has 6 heteroatoms. The lowest BCUT2D eigenvalue weighted by molar-refractivity contribution is 0.820. The van der Waals surface area contributed by atoms with Crippen molar-refractivity contribution in [1.29, 1.82) is 0 Å². The summed E-state index contributed by atoms with van der Waals surface area (Å²) in [4.78, 5) is 20.5. The number of thiophene rings is 1. The maximum absolute atomic E-state index is 13.5. The number of hydrogen-bond acceptors (Lipinski definition) is 4. The summed E-state index contributed by atoms with van der Waals surface area (Å²) in [6.45, 7) is 3.89. The quantitative estimate of drug-likeness (QED) is 0.428. The van der Waals surface area contributed by atoms with Crippen LogP contribution in [0, 0.1) is 6.92 Å². The van der Waals surface area contributed by atoms with Crippen molar-refractivity contribution in [3.63, 3.8) is 0 Å². The molecule has 1 aliphatic carbocycles. The van der Waals surface area contributed by atoms with Gasteiger partial charge in [0.25, 0.3) is 5.56 Å². The van der Waals surface area contributed by atoms with E-state index in [1.54, 1.807) is 27.7 Å². The summed E-state index contributed by atoms with van der Waals surface area (Å²) in [6.07, 6.45) is 5.13. The number of hydrogen-bond donors (Lipinski definition) is 0. The minimum atomic E-state index is 0.0501. The predicted octanol–water partition coefficient (Wildman–Crippen LogP) is 5.48. The van der Waals surface area contributed by atoms with Gasteiger partial charge in [-0.15, -0.1) is 11.3 Å². The summed E-state index contributed by atoms with van der Waals surface area (Å²) in [5, 5.41) is 2.29. The summed E-state index contributed by atoms with van der Waals surface area (Å²) >= 11 is 9.19. The Balaban J connectivity index is 1.94. The third-order valence-electron chi connectivity index (χ3n) is 4.55. The second-order valence-electron chi connectivity index (χ2n) is 6.51. The Labute approximate surface area is 165 Å². The summed E-state index contributed by atoms with van der Waals surface area (Å²) in [5.41, 5.74) is 3.26. The topological polar surface area (TPSA) is 34.9 Å². The number of allylic oxidation sites excluding steroid dienone is 1. The SMILES string of the molecule is CC(Cl)=CCSc1nc2sc3c(c2c(=O)n1-c1cccc(C)c1)CCC3. The van der Waals surface area contributed by atoms with Gasteiger partial charge in [0.1, 0.15) is 4.83 Å². The molecular formula is C20H19ClN2OS2. The van der Waals surface area contributed by atoms with E-state index in [1.807, 2.05) is 44.2 Å². The van der Waals surface area contributed by atoms with Crippen LogP contribution in [-0.4, -0.2) is 15.3 Å². The minimum absolute atomic E-state index is 0.0501. The molecule has 2 heterocycles. The van der Waals surface area contributed by atoms with Crippen LogP contribution in [0.5, 0.6) is 0 Å². The number of benzene rings is 1. The van der Waals surface area contributed by atoms with Crippen LogP contribution in [0.3, 0.4) is 0 Å². The molecule has 0 aliphatic heterocycles. The number of nitrogens with zero attached hydrogens (tertiary/aromatic N) is 2. The standard InChI is InChI=1S/C20H19ClN2OS2/c1-12-5-3-6-14(11-12)23-19(24)17-15-7-4-8-16(15)26-18(17)22-20(23)25-10-9-13(2)21/h3,5-6,9,11H,4,7-8,10H2,1-2H3. The lowest BCUT2D eigenvalue weighted by Gasteiger charge is -2.12. The van der Waals surface area contributed by atoms with E-state index in [1.165, 1.54) is 10.4 Å². The molecule has 0 N–H and O–H groups in total. The fourth-order valence-corrected chi connectivity index (χ4v) is 5.78. The number of aromatic nitrogens is 2. The van der Waals surface area contributed by atoms with Gasteiger partial charge in [0.2, 0.25) is 0 Å². The zero-order valence-electron chi connectivity index (χ0n) is 14.7. The van der Waals surface area contributed by atoms with Crippen molar-refractivity contribution in [2.75, 3.05) is 5.75 Å². The van der Waals surface area contributed by atoms with E-state index in [0.717, 1.165) is 50.9 Å². The average Bonchev–Trinajstić information content (AvgIpc) is 3.15. The van der Waals surface area contributed by atoms with Crippen LogP contribution in [0.15, 0.2) is 45.3 Å². The molecule has 0 fully saturated rings. The zero-order chi connectivity index (χ0) is 18.3. The Hall–Kier alpha value is -1.56. The normalized spacial score (nSPS) is 14.2. The van der Waals surface area contributed by atoms with Crippen LogP contribution in [0.4, 0.5) is 0 Å². The van der Waals surface area contributed by atoms with Gasteiger partial charge in [-0.25, -0.2) is 4.98 Å². The molecule has 2 aromatic heterocycles. The van der Waals surface area contributed by atoms with Gasteiger partial charge in [-0.1, -0.05) is 41.6 Å². The van der Waals surface area contributed by atoms with Crippen molar-refractivity contribution in [3.05, 3.63) is 61.7 Å². The smallest absolute Gasteiger partial charge is 0.267 e. The Morgan fingerprint density at radius 1 is 1.42 bits per heavy atom. The third kappa shape index (κ3) is 3.24. The van der Waals surface area contributed by atoms with Crippen molar-refractivity contribution in [1.82, 2.24) is 9.55 Å². The van der Waals surface area contributed by atoms with Gasteiger partial charge in [-0.05, 0) is 56.4 Å². The van der Waals surface area contributed by atoms with Crippen LogP contribution < -0.4 is 5.56 Å². The van der Waals surface area contributed by atoms with Gasteiger partial charge in [-0.3, -0.25) is 9.36 Å². The summed E-state index contributed by atoms with van der Waals surface area (Å²) in [5.74, 6) is 0.685. The van der Waals surface area contributed by atoms with E-state index >= 15 is 0 Å². The maximum atomic E-state index is 13.5. The van der Waals surface area contributed by atoms with E-state index < -0.39 is 0 Å². The first-order chi connectivity index (χ1) is 12.5. The van der Waals surface area contributed by atoms with Crippen LogP contribution in [0.1, 0.15) is 29.3 Å². The molecule has 0 spiro atoms. The molecule has 4 rings (SSSR count). The van der Waals surface area contributed by atoms with Crippen LogP contribution in [0.2, 0.25) is 0 Å². The first-order valence-electron chi connectivity index (χ1n) is 8.64. The number of thioether (sulfide) groups is 1. The van der Waals surface area contributed by atoms with Gasteiger partial charge in [0.15, 0.2) is 5.16 Å². The molecule has 0 bridgehead atoms. The predicted molar refractivity (Wildman–Crippen MR) is 112 cm³/mol. The zero-order valence-corrected chi connectivity index (χ0v) is 17.1. The second kappa shape index (κ2) is 7.22. The number of aryl methyl sites for hydroxylation is 3. The van der Waals surface area contributed by atoms with Crippen molar-refractivity contribution in [3.8, 4) is 5.69 Å². The third-order valence-corrected chi connectivity index (χ3v) is 6.75.